The first-order valence-corrected chi connectivity index (χ1v) is 6.96. The van der Waals surface area contributed by atoms with Crippen LogP contribution in [-0.2, 0) is 0 Å². The number of fused-ring (bicyclic) bond motifs is 1. The molecule has 1 heterocycles. The summed E-state index contributed by atoms with van der Waals surface area (Å²) in [6, 6.07) is 8.82. The Balaban J connectivity index is 2.27. The van der Waals surface area contributed by atoms with Gasteiger partial charge >= 0.3 is 0 Å². The van der Waals surface area contributed by atoms with Gasteiger partial charge in [-0.15, -0.1) is 8.19 Å². The van der Waals surface area contributed by atoms with Crippen LogP contribution in [0.15, 0.2) is 30.1 Å². The molecule has 2 aromatic rings. The predicted octanol–water partition coefficient (Wildman–Crippen LogP) is 5.16. The number of hydrogen-bond donors (Lipinski definition) is 0. The van der Waals surface area contributed by atoms with E-state index in [0.717, 1.165) is 14.1 Å². The quantitative estimate of drug-likeness (QED) is 0.664. The molecule has 0 fully saturated rings. The Morgan fingerprint density at radius 2 is 2.07 bits per heavy atom. The third kappa shape index (κ3) is 2.26. The fourth-order valence-corrected chi connectivity index (χ4v) is 3.54. The number of benzene rings is 1. The van der Waals surface area contributed by atoms with E-state index in [1.807, 2.05) is 0 Å². The van der Waals surface area contributed by atoms with Crippen LogP contribution in [0.2, 0.25) is 0 Å². The van der Waals surface area contributed by atoms with Gasteiger partial charge < -0.3 is 0 Å². The van der Waals surface area contributed by atoms with Gasteiger partial charge in [0.15, 0.2) is 0 Å². The molecule has 0 aliphatic rings. The molecule has 1 heteroatoms. The van der Waals surface area contributed by atoms with Crippen LogP contribution in [0.1, 0.15) is 44.3 Å². The first-order valence-electron chi connectivity index (χ1n) is 5.89. The van der Waals surface area contributed by atoms with Crippen molar-refractivity contribution in [3.8, 4) is 0 Å². The average molecular weight is 218 g/mol. The molecular formula is C14H19P. The third-order valence-corrected chi connectivity index (χ3v) is 4.65. The van der Waals surface area contributed by atoms with Gasteiger partial charge in [-0.3, -0.25) is 0 Å². The first-order chi connectivity index (χ1) is 7.33. The van der Waals surface area contributed by atoms with Crippen molar-refractivity contribution in [1.29, 1.82) is 0 Å². The van der Waals surface area contributed by atoms with Gasteiger partial charge in [0.2, 0.25) is 0 Å². The van der Waals surface area contributed by atoms with Crippen molar-refractivity contribution >= 4 is 19.0 Å². The van der Waals surface area contributed by atoms with E-state index in [9.17, 15) is 0 Å². The largest absolute Gasteiger partial charge is 0.135 e. The van der Waals surface area contributed by atoms with Crippen LogP contribution in [0, 0.1) is 0 Å². The van der Waals surface area contributed by atoms with Gasteiger partial charge in [-0.2, -0.15) is 0 Å². The van der Waals surface area contributed by atoms with Crippen LogP contribution >= 0.6 is 8.19 Å². The van der Waals surface area contributed by atoms with Crippen molar-refractivity contribution < 1.29 is 0 Å². The summed E-state index contributed by atoms with van der Waals surface area (Å²) in [4.78, 5) is 0. The summed E-state index contributed by atoms with van der Waals surface area (Å²) in [6.07, 6.45) is 4.02. The lowest BCUT2D eigenvalue weighted by Gasteiger charge is -2.09. The summed E-state index contributed by atoms with van der Waals surface area (Å²) < 4.78 is 0. The minimum absolute atomic E-state index is 0.767. The summed E-state index contributed by atoms with van der Waals surface area (Å²) in [7, 11) is 0.921. The van der Waals surface area contributed by atoms with Crippen LogP contribution in [-0.4, -0.2) is 0 Å². The Labute approximate surface area is 93.8 Å². The van der Waals surface area contributed by atoms with E-state index < -0.39 is 0 Å². The van der Waals surface area contributed by atoms with Gasteiger partial charge in [0, 0.05) is 0 Å². The molecular weight excluding hydrogens is 199 g/mol. The van der Waals surface area contributed by atoms with Crippen LogP contribution in [0.4, 0.5) is 0 Å². The van der Waals surface area contributed by atoms with Crippen molar-refractivity contribution in [1.82, 2.24) is 0 Å². The number of unbranched alkanes of at least 4 members (excludes halogenated alkanes) is 1. The van der Waals surface area contributed by atoms with Crippen molar-refractivity contribution in [2.24, 2.45) is 0 Å². The molecule has 0 aliphatic carbocycles. The third-order valence-electron chi connectivity index (χ3n) is 3.12. The summed E-state index contributed by atoms with van der Waals surface area (Å²) in [5.41, 5.74) is 0. The zero-order valence-electron chi connectivity index (χ0n) is 9.59. The molecule has 0 N–H and O–H groups in total. The van der Waals surface area contributed by atoms with Gasteiger partial charge in [-0.05, 0) is 34.2 Å². The van der Waals surface area contributed by atoms with Crippen LogP contribution in [0.3, 0.4) is 0 Å². The topological polar surface area (TPSA) is 0 Å². The van der Waals surface area contributed by atoms with Crippen molar-refractivity contribution in [3.63, 3.8) is 0 Å². The Kier molecular flexibility index (Phi) is 3.49. The van der Waals surface area contributed by atoms with E-state index in [1.165, 1.54) is 30.0 Å². The molecule has 1 aromatic heterocycles. The lowest BCUT2D eigenvalue weighted by Crippen LogP contribution is -1.89. The fourth-order valence-electron chi connectivity index (χ4n) is 2.16. The van der Waals surface area contributed by atoms with E-state index in [1.54, 1.807) is 5.30 Å². The first kappa shape index (κ1) is 10.8. The number of rotatable bonds is 4. The van der Waals surface area contributed by atoms with E-state index >= 15 is 0 Å². The number of hydrogen-bond acceptors (Lipinski definition) is 0. The molecule has 0 aliphatic heterocycles. The summed E-state index contributed by atoms with van der Waals surface area (Å²) in [5.74, 6) is 3.16. The second-order valence-corrected chi connectivity index (χ2v) is 5.45. The van der Waals surface area contributed by atoms with Crippen LogP contribution in [0.25, 0.3) is 10.8 Å². The highest BCUT2D eigenvalue weighted by molar-refractivity contribution is 7.31. The molecule has 0 amide bonds. The monoisotopic (exact) mass is 218 g/mol. The second kappa shape index (κ2) is 4.86. The molecule has 0 spiro atoms. The maximum atomic E-state index is 2.40. The molecule has 0 bridgehead atoms. The smallest absolute Gasteiger partial charge is 0.0109 e. The lowest BCUT2D eigenvalue weighted by atomic mass is 9.99. The molecule has 2 rings (SSSR count). The second-order valence-electron chi connectivity index (χ2n) is 4.33. The lowest BCUT2D eigenvalue weighted by molar-refractivity contribution is 0.634. The highest BCUT2D eigenvalue weighted by Crippen LogP contribution is 2.37. The van der Waals surface area contributed by atoms with E-state index in [4.69, 9.17) is 0 Å². The summed E-state index contributed by atoms with van der Waals surface area (Å²) in [6.45, 7) is 4.66. The van der Waals surface area contributed by atoms with Crippen molar-refractivity contribution in [2.45, 2.75) is 39.0 Å². The van der Waals surface area contributed by atoms with Crippen LogP contribution < -0.4 is 0 Å². The van der Waals surface area contributed by atoms with Crippen molar-refractivity contribution in [3.05, 3.63) is 35.4 Å². The maximum absolute atomic E-state index is 2.40. The van der Waals surface area contributed by atoms with Crippen LogP contribution in [0.5, 0.6) is 0 Å². The Morgan fingerprint density at radius 1 is 1.27 bits per heavy atom. The molecule has 0 nitrogen and oxygen atoms in total. The zero-order chi connectivity index (χ0) is 10.7. The van der Waals surface area contributed by atoms with Gasteiger partial charge in [-0.1, -0.05) is 51.0 Å². The normalized spacial score (nSPS) is 13.7. The highest BCUT2D eigenvalue weighted by atomic mass is 31.0. The molecule has 15 heavy (non-hydrogen) atoms. The molecule has 1 aromatic carbocycles. The highest BCUT2D eigenvalue weighted by Gasteiger charge is 2.09. The molecule has 0 saturated heterocycles. The van der Waals surface area contributed by atoms with Gasteiger partial charge in [0.25, 0.3) is 0 Å². The van der Waals surface area contributed by atoms with Gasteiger partial charge in [0.1, 0.15) is 0 Å². The molecule has 80 valence electrons. The molecule has 0 radical (unpaired) electrons. The predicted molar refractivity (Wildman–Crippen MR) is 71.4 cm³/mol. The minimum Gasteiger partial charge on any atom is -0.135 e. The standard InChI is InChI=1S/C14H19P/c1-3-4-7-11(2)14-13-9-6-5-8-12(13)10-15-14/h5-6,8-11,15H,3-4,7H2,1-2H3. The Bertz CT molecular complexity index is 428. The molecule has 0 saturated carbocycles. The maximum Gasteiger partial charge on any atom is -0.0109 e. The summed E-state index contributed by atoms with van der Waals surface area (Å²) in [5, 5.41) is 4.65. The van der Waals surface area contributed by atoms with E-state index in [-0.39, 0.29) is 0 Å². The van der Waals surface area contributed by atoms with Gasteiger partial charge in [-0.25, -0.2) is 0 Å². The fraction of sp³-hybridized carbons (Fsp3) is 0.429. The zero-order valence-corrected chi connectivity index (χ0v) is 10.6. The molecule has 2 unspecified atom stereocenters. The van der Waals surface area contributed by atoms with E-state index in [0.29, 0.717) is 0 Å². The van der Waals surface area contributed by atoms with Crippen molar-refractivity contribution in [2.75, 3.05) is 0 Å². The van der Waals surface area contributed by atoms with Gasteiger partial charge in [0.05, 0.1) is 0 Å². The average Bonchev–Trinajstić information content (AvgIpc) is 2.69. The minimum atomic E-state index is 0.767. The van der Waals surface area contributed by atoms with E-state index in [2.05, 4.69) is 43.9 Å². The molecule has 2 atom stereocenters. The Hall–Kier alpha value is -0.740. The summed E-state index contributed by atoms with van der Waals surface area (Å²) >= 11 is 0. The Morgan fingerprint density at radius 3 is 2.87 bits per heavy atom. The SMILES string of the molecule is CCCCC(C)c1[pH]cc2ccccc12.